The number of hydrogen-bond acceptors (Lipinski definition) is 5. The van der Waals surface area contributed by atoms with Crippen LogP contribution in [0.15, 0.2) is 65.1 Å². The number of methoxy groups -OCH3 is 2. The number of anilines is 2. The summed E-state index contributed by atoms with van der Waals surface area (Å²) >= 11 is 8.40. The molecule has 176 valence electrons. The first-order valence-corrected chi connectivity index (χ1v) is 11.5. The Labute approximate surface area is 212 Å². The molecule has 3 aromatic rings. The molecule has 0 fully saturated rings. The molecule has 9 heteroatoms. The second-order valence-electron chi connectivity index (χ2n) is 7.34. The summed E-state index contributed by atoms with van der Waals surface area (Å²) in [6.07, 6.45) is 0. The van der Waals surface area contributed by atoms with Crippen LogP contribution >= 0.6 is 28.1 Å². The Morgan fingerprint density at radius 3 is 2.38 bits per heavy atom. The molecule has 34 heavy (non-hydrogen) atoms. The quantitative estimate of drug-likeness (QED) is 0.355. The van der Waals surface area contributed by atoms with Crippen molar-refractivity contribution in [3.63, 3.8) is 0 Å². The van der Waals surface area contributed by atoms with Gasteiger partial charge in [0, 0.05) is 24.8 Å². The fourth-order valence-electron chi connectivity index (χ4n) is 3.29. The van der Waals surface area contributed by atoms with E-state index < -0.39 is 0 Å². The number of carbonyl (C=O) groups is 2. The molecule has 3 rings (SSSR count). The average molecular weight is 542 g/mol. The molecule has 0 atom stereocenters. The Morgan fingerprint density at radius 1 is 1.03 bits per heavy atom. The third kappa shape index (κ3) is 6.12. The number of hydrogen-bond donors (Lipinski definition) is 2. The number of carbonyl (C=O) groups excluding carboxylic acids is 2. The minimum atomic E-state index is -0.312. The SMILES string of the molecule is COc1ccc(NC(=O)c2ccc(C(=O)N(C)Cc3ccc(OC)c(Br)c3)c(NC=S)c2)cc1. The first-order valence-electron chi connectivity index (χ1n) is 10.2. The molecule has 7 nitrogen and oxygen atoms in total. The predicted octanol–water partition coefficient (Wildman–Crippen LogP) is 5.36. The van der Waals surface area contributed by atoms with E-state index in [2.05, 4.69) is 26.6 Å². The van der Waals surface area contributed by atoms with Crippen molar-refractivity contribution in [1.82, 2.24) is 4.90 Å². The van der Waals surface area contributed by atoms with E-state index in [0.29, 0.717) is 40.5 Å². The fraction of sp³-hybridized carbons (Fsp3) is 0.160. The van der Waals surface area contributed by atoms with Gasteiger partial charge in [0.2, 0.25) is 0 Å². The van der Waals surface area contributed by atoms with Crippen molar-refractivity contribution < 1.29 is 19.1 Å². The van der Waals surface area contributed by atoms with Gasteiger partial charge in [-0.3, -0.25) is 9.59 Å². The molecular weight excluding hydrogens is 518 g/mol. The topological polar surface area (TPSA) is 79.9 Å². The number of benzene rings is 3. The van der Waals surface area contributed by atoms with Crippen LogP contribution in [0.4, 0.5) is 11.4 Å². The van der Waals surface area contributed by atoms with Crippen LogP contribution in [-0.2, 0) is 6.54 Å². The van der Waals surface area contributed by atoms with Crippen LogP contribution in [0.2, 0.25) is 0 Å². The van der Waals surface area contributed by atoms with E-state index in [1.165, 1.54) is 5.49 Å². The van der Waals surface area contributed by atoms with Gasteiger partial charge in [-0.2, -0.15) is 0 Å². The van der Waals surface area contributed by atoms with E-state index >= 15 is 0 Å². The first kappa shape index (κ1) is 25.2. The highest BCUT2D eigenvalue weighted by Gasteiger charge is 2.19. The Bertz CT molecular complexity index is 1200. The van der Waals surface area contributed by atoms with Gasteiger partial charge in [0.1, 0.15) is 11.5 Å². The standard InChI is InChI=1S/C25H24BrN3O4S/c1-29(14-16-4-11-23(33-3)21(26)12-16)25(31)20-10-5-17(13-22(20)27-15-34)24(30)28-18-6-8-19(32-2)9-7-18/h4-13,15H,14H2,1-3H3,(H,27,34)(H,28,30). The zero-order valence-corrected chi connectivity index (χ0v) is 21.3. The lowest BCUT2D eigenvalue weighted by molar-refractivity contribution is 0.0785. The van der Waals surface area contributed by atoms with Gasteiger partial charge in [-0.25, -0.2) is 0 Å². The summed E-state index contributed by atoms with van der Waals surface area (Å²) in [5.41, 5.74) is 4.09. The van der Waals surface area contributed by atoms with E-state index in [-0.39, 0.29) is 11.8 Å². The molecular formula is C25H24BrN3O4S. The van der Waals surface area contributed by atoms with Gasteiger partial charge in [0.15, 0.2) is 0 Å². The summed E-state index contributed by atoms with van der Waals surface area (Å²) in [5.74, 6) is 0.884. The Morgan fingerprint density at radius 2 is 1.76 bits per heavy atom. The van der Waals surface area contributed by atoms with Crippen molar-refractivity contribution in [2.75, 3.05) is 31.9 Å². The highest BCUT2D eigenvalue weighted by molar-refractivity contribution is 9.10. The molecule has 0 aliphatic rings. The third-order valence-electron chi connectivity index (χ3n) is 5.06. The number of ether oxygens (including phenoxy) is 2. The maximum absolute atomic E-state index is 13.2. The summed E-state index contributed by atoms with van der Waals surface area (Å²) in [7, 11) is 4.89. The molecule has 3 aromatic carbocycles. The number of amides is 2. The van der Waals surface area contributed by atoms with Gasteiger partial charge < -0.3 is 25.0 Å². The molecule has 0 bridgehead atoms. The lowest BCUT2D eigenvalue weighted by Gasteiger charge is -2.20. The van der Waals surface area contributed by atoms with Gasteiger partial charge >= 0.3 is 0 Å². The first-order chi connectivity index (χ1) is 16.4. The summed E-state index contributed by atoms with van der Waals surface area (Å²) in [5, 5.41) is 5.72. The van der Waals surface area contributed by atoms with E-state index in [0.717, 1.165) is 10.0 Å². The van der Waals surface area contributed by atoms with Crippen molar-refractivity contribution in [3.05, 3.63) is 81.8 Å². The van der Waals surface area contributed by atoms with E-state index in [9.17, 15) is 9.59 Å². The van der Waals surface area contributed by atoms with Crippen LogP contribution in [0.5, 0.6) is 11.5 Å². The molecule has 0 unspecified atom stereocenters. The van der Waals surface area contributed by atoms with Gasteiger partial charge in [-0.05, 0) is 76.1 Å². The highest BCUT2D eigenvalue weighted by atomic mass is 79.9. The van der Waals surface area contributed by atoms with Crippen molar-refractivity contribution in [2.45, 2.75) is 6.54 Å². The lowest BCUT2D eigenvalue weighted by atomic mass is 10.1. The number of nitrogens with zero attached hydrogens (tertiary/aromatic N) is 1. The maximum Gasteiger partial charge on any atom is 0.256 e. The van der Waals surface area contributed by atoms with Crippen molar-refractivity contribution in [2.24, 2.45) is 0 Å². The minimum Gasteiger partial charge on any atom is -0.497 e. The summed E-state index contributed by atoms with van der Waals surface area (Å²) in [6.45, 7) is 0.387. The molecule has 0 spiro atoms. The average Bonchev–Trinajstić information content (AvgIpc) is 2.84. The van der Waals surface area contributed by atoms with Gasteiger partial charge in [0.05, 0.1) is 35.4 Å². The smallest absolute Gasteiger partial charge is 0.256 e. The largest absolute Gasteiger partial charge is 0.497 e. The number of nitrogens with one attached hydrogen (secondary N) is 2. The summed E-state index contributed by atoms with van der Waals surface area (Å²) in [6, 6.07) is 17.5. The van der Waals surface area contributed by atoms with E-state index in [1.54, 1.807) is 68.6 Å². The van der Waals surface area contributed by atoms with Gasteiger partial charge in [-0.15, -0.1) is 0 Å². The van der Waals surface area contributed by atoms with Crippen LogP contribution < -0.4 is 20.1 Å². The monoisotopic (exact) mass is 541 g/mol. The molecule has 0 aromatic heterocycles. The summed E-state index contributed by atoms with van der Waals surface area (Å²) in [4.78, 5) is 27.5. The maximum atomic E-state index is 13.2. The third-order valence-corrected chi connectivity index (χ3v) is 5.79. The number of halogens is 1. The van der Waals surface area contributed by atoms with Crippen LogP contribution in [0.25, 0.3) is 0 Å². The molecule has 2 amide bonds. The zero-order valence-electron chi connectivity index (χ0n) is 18.9. The molecule has 0 radical (unpaired) electrons. The normalized spacial score (nSPS) is 10.2. The van der Waals surface area contributed by atoms with E-state index in [1.807, 2.05) is 18.2 Å². The van der Waals surface area contributed by atoms with Gasteiger partial charge in [0.25, 0.3) is 11.8 Å². The Kier molecular flexibility index (Phi) is 8.61. The molecule has 0 saturated carbocycles. The summed E-state index contributed by atoms with van der Waals surface area (Å²) < 4.78 is 11.2. The van der Waals surface area contributed by atoms with Crippen LogP contribution in [0, 0.1) is 0 Å². The van der Waals surface area contributed by atoms with Crippen LogP contribution in [-0.4, -0.2) is 43.5 Å². The second-order valence-corrected chi connectivity index (χ2v) is 8.43. The fourth-order valence-corrected chi connectivity index (χ4v) is 4.01. The van der Waals surface area contributed by atoms with Crippen LogP contribution in [0.1, 0.15) is 26.3 Å². The minimum absolute atomic E-state index is 0.214. The van der Waals surface area contributed by atoms with Crippen LogP contribution in [0.3, 0.4) is 0 Å². The molecule has 0 saturated heterocycles. The molecule has 0 aliphatic carbocycles. The van der Waals surface area contributed by atoms with Gasteiger partial charge in [-0.1, -0.05) is 18.3 Å². The second kappa shape index (κ2) is 11.6. The Hall–Kier alpha value is -3.43. The molecule has 2 N–H and O–H groups in total. The zero-order chi connectivity index (χ0) is 24.7. The van der Waals surface area contributed by atoms with Crippen molar-refractivity contribution in [1.29, 1.82) is 0 Å². The Balaban J connectivity index is 1.78. The van der Waals surface area contributed by atoms with E-state index in [4.69, 9.17) is 21.7 Å². The number of rotatable bonds is 9. The highest BCUT2D eigenvalue weighted by Crippen LogP contribution is 2.27. The molecule has 0 heterocycles. The lowest BCUT2D eigenvalue weighted by Crippen LogP contribution is -2.27. The van der Waals surface area contributed by atoms with Crippen molar-refractivity contribution in [3.8, 4) is 11.5 Å². The predicted molar refractivity (Wildman–Crippen MR) is 141 cm³/mol. The number of thiocarbonyl (C=S) groups is 1. The van der Waals surface area contributed by atoms with Crippen molar-refractivity contribution >= 4 is 56.8 Å². The molecule has 0 aliphatic heterocycles.